The highest BCUT2D eigenvalue weighted by Crippen LogP contribution is 2.25. The molecule has 1 aliphatic rings. The molecule has 0 amide bonds. The van der Waals surface area contributed by atoms with Gasteiger partial charge in [-0.05, 0) is 26.1 Å². The van der Waals surface area contributed by atoms with Crippen LogP contribution in [0.4, 0.5) is 0 Å². The SMILES string of the molecule is CN1CC(C)(Oc2ccccc2)C1. The summed E-state index contributed by atoms with van der Waals surface area (Å²) in [5, 5.41) is 0. The average molecular weight is 177 g/mol. The van der Waals surface area contributed by atoms with Gasteiger partial charge in [-0.2, -0.15) is 0 Å². The van der Waals surface area contributed by atoms with Gasteiger partial charge in [0.25, 0.3) is 0 Å². The standard InChI is InChI=1S/C11H15NO/c1-11(8-12(2)9-11)13-10-6-4-3-5-7-10/h3-7H,8-9H2,1-2H3. The summed E-state index contributed by atoms with van der Waals surface area (Å²) in [6.45, 7) is 4.18. The van der Waals surface area contributed by atoms with Gasteiger partial charge >= 0.3 is 0 Å². The summed E-state index contributed by atoms with van der Waals surface area (Å²) in [7, 11) is 2.11. The van der Waals surface area contributed by atoms with Crippen molar-refractivity contribution in [2.75, 3.05) is 20.1 Å². The second-order valence-corrected chi connectivity index (χ2v) is 4.04. The molecule has 0 bridgehead atoms. The lowest BCUT2D eigenvalue weighted by Crippen LogP contribution is -2.61. The molecule has 0 spiro atoms. The number of nitrogens with zero attached hydrogens (tertiary/aromatic N) is 1. The molecule has 13 heavy (non-hydrogen) atoms. The van der Waals surface area contributed by atoms with E-state index in [2.05, 4.69) is 18.9 Å². The summed E-state index contributed by atoms with van der Waals surface area (Å²) in [4.78, 5) is 2.25. The van der Waals surface area contributed by atoms with Crippen molar-refractivity contribution in [1.29, 1.82) is 0 Å². The van der Waals surface area contributed by atoms with E-state index in [9.17, 15) is 0 Å². The molecule has 0 aromatic heterocycles. The number of hydrogen-bond donors (Lipinski definition) is 0. The zero-order chi connectivity index (χ0) is 9.31. The molecule has 0 N–H and O–H groups in total. The maximum Gasteiger partial charge on any atom is 0.131 e. The molecule has 0 atom stereocenters. The second kappa shape index (κ2) is 3.04. The summed E-state index contributed by atoms with van der Waals surface area (Å²) in [5.74, 6) is 0.970. The molecule has 0 unspecified atom stereocenters. The highest BCUT2D eigenvalue weighted by molar-refractivity contribution is 5.22. The van der Waals surface area contributed by atoms with Crippen molar-refractivity contribution in [2.45, 2.75) is 12.5 Å². The average Bonchev–Trinajstić information content (AvgIpc) is 2.03. The van der Waals surface area contributed by atoms with Crippen LogP contribution in [0.3, 0.4) is 0 Å². The van der Waals surface area contributed by atoms with Crippen molar-refractivity contribution in [3.8, 4) is 5.75 Å². The minimum Gasteiger partial charge on any atom is -0.485 e. The van der Waals surface area contributed by atoms with E-state index in [1.54, 1.807) is 0 Å². The largest absolute Gasteiger partial charge is 0.485 e. The minimum absolute atomic E-state index is 0.0239. The summed E-state index contributed by atoms with van der Waals surface area (Å²) in [6, 6.07) is 10.0. The van der Waals surface area contributed by atoms with Gasteiger partial charge in [0.15, 0.2) is 0 Å². The van der Waals surface area contributed by atoms with Gasteiger partial charge in [0.1, 0.15) is 11.4 Å². The molecule has 2 heteroatoms. The molecule has 2 rings (SSSR count). The van der Waals surface area contributed by atoms with E-state index in [0.29, 0.717) is 0 Å². The molecule has 1 heterocycles. The van der Waals surface area contributed by atoms with Crippen LogP contribution in [0.25, 0.3) is 0 Å². The number of ether oxygens (including phenoxy) is 1. The molecule has 1 saturated heterocycles. The third-order valence-corrected chi connectivity index (χ3v) is 2.32. The normalized spacial score (nSPS) is 20.8. The maximum absolute atomic E-state index is 5.87. The Morgan fingerprint density at radius 1 is 1.23 bits per heavy atom. The van der Waals surface area contributed by atoms with Crippen molar-refractivity contribution in [1.82, 2.24) is 4.90 Å². The van der Waals surface area contributed by atoms with Crippen molar-refractivity contribution < 1.29 is 4.74 Å². The van der Waals surface area contributed by atoms with E-state index in [-0.39, 0.29) is 5.60 Å². The van der Waals surface area contributed by atoms with Crippen molar-refractivity contribution >= 4 is 0 Å². The quantitative estimate of drug-likeness (QED) is 0.682. The van der Waals surface area contributed by atoms with E-state index in [1.165, 1.54) is 0 Å². The summed E-state index contributed by atoms with van der Waals surface area (Å²) >= 11 is 0. The molecule has 1 aromatic rings. The number of likely N-dealkylation sites (tertiary alicyclic amines) is 1. The van der Waals surface area contributed by atoms with Crippen LogP contribution < -0.4 is 4.74 Å². The third kappa shape index (κ3) is 1.83. The Morgan fingerprint density at radius 2 is 1.85 bits per heavy atom. The van der Waals surface area contributed by atoms with E-state index < -0.39 is 0 Å². The van der Waals surface area contributed by atoms with Gasteiger partial charge in [-0.15, -0.1) is 0 Å². The van der Waals surface area contributed by atoms with Gasteiger partial charge in [-0.1, -0.05) is 18.2 Å². The zero-order valence-corrected chi connectivity index (χ0v) is 8.16. The first-order chi connectivity index (χ1) is 6.18. The van der Waals surface area contributed by atoms with Crippen LogP contribution in [0.1, 0.15) is 6.92 Å². The number of benzene rings is 1. The monoisotopic (exact) mass is 177 g/mol. The Kier molecular flexibility index (Phi) is 2.00. The lowest BCUT2D eigenvalue weighted by Gasteiger charge is -2.45. The topological polar surface area (TPSA) is 12.5 Å². The van der Waals surface area contributed by atoms with Crippen LogP contribution in [0.15, 0.2) is 30.3 Å². The van der Waals surface area contributed by atoms with Crippen molar-refractivity contribution in [3.63, 3.8) is 0 Å². The fourth-order valence-electron chi connectivity index (χ4n) is 1.93. The van der Waals surface area contributed by atoms with Gasteiger partial charge in [0.2, 0.25) is 0 Å². The number of para-hydroxylation sites is 1. The first-order valence-corrected chi connectivity index (χ1v) is 4.61. The van der Waals surface area contributed by atoms with Crippen LogP contribution in [-0.2, 0) is 0 Å². The van der Waals surface area contributed by atoms with Crippen LogP contribution >= 0.6 is 0 Å². The van der Waals surface area contributed by atoms with Crippen LogP contribution in [-0.4, -0.2) is 30.6 Å². The van der Waals surface area contributed by atoms with E-state index >= 15 is 0 Å². The molecule has 1 fully saturated rings. The lowest BCUT2D eigenvalue weighted by molar-refractivity contribution is -0.0496. The fraction of sp³-hybridized carbons (Fsp3) is 0.455. The fourth-order valence-corrected chi connectivity index (χ4v) is 1.93. The first kappa shape index (κ1) is 8.57. The zero-order valence-electron chi connectivity index (χ0n) is 8.16. The van der Waals surface area contributed by atoms with E-state index in [1.807, 2.05) is 30.3 Å². The third-order valence-electron chi connectivity index (χ3n) is 2.32. The molecule has 2 nitrogen and oxygen atoms in total. The van der Waals surface area contributed by atoms with Crippen molar-refractivity contribution in [2.24, 2.45) is 0 Å². The molecule has 0 aliphatic carbocycles. The van der Waals surface area contributed by atoms with Gasteiger partial charge in [-0.25, -0.2) is 0 Å². The number of rotatable bonds is 2. The summed E-state index contributed by atoms with van der Waals surface area (Å²) in [6.07, 6.45) is 0. The smallest absolute Gasteiger partial charge is 0.131 e. The van der Waals surface area contributed by atoms with E-state index in [4.69, 9.17) is 4.74 Å². The van der Waals surface area contributed by atoms with Crippen LogP contribution in [0, 0.1) is 0 Å². The summed E-state index contributed by atoms with van der Waals surface area (Å²) < 4.78 is 5.87. The first-order valence-electron chi connectivity index (χ1n) is 4.61. The molecular weight excluding hydrogens is 162 g/mol. The Bertz CT molecular complexity index is 277. The predicted molar refractivity (Wildman–Crippen MR) is 53.0 cm³/mol. The van der Waals surface area contributed by atoms with Crippen LogP contribution in [0.2, 0.25) is 0 Å². The Hall–Kier alpha value is -1.02. The predicted octanol–water partition coefficient (Wildman–Crippen LogP) is 1.77. The van der Waals surface area contributed by atoms with Crippen molar-refractivity contribution in [3.05, 3.63) is 30.3 Å². The minimum atomic E-state index is 0.0239. The van der Waals surface area contributed by atoms with E-state index in [0.717, 1.165) is 18.8 Å². The Morgan fingerprint density at radius 3 is 2.38 bits per heavy atom. The maximum atomic E-state index is 5.87. The van der Waals surface area contributed by atoms with Gasteiger partial charge < -0.3 is 4.74 Å². The van der Waals surface area contributed by atoms with Crippen LogP contribution in [0.5, 0.6) is 5.75 Å². The molecule has 1 aromatic carbocycles. The molecule has 1 aliphatic heterocycles. The molecular formula is C11H15NO. The van der Waals surface area contributed by atoms with Gasteiger partial charge in [0, 0.05) is 13.1 Å². The number of likely N-dealkylation sites (N-methyl/N-ethyl adjacent to an activating group) is 1. The van der Waals surface area contributed by atoms with Gasteiger partial charge in [-0.3, -0.25) is 4.90 Å². The molecule has 0 saturated carbocycles. The highest BCUT2D eigenvalue weighted by Gasteiger charge is 2.38. The lowest BCUT2D eigenvalue weighted by atomic mass is 9.97. The highest BCUT2D eigenvalue weighted by atomic mass is 16.5. The Balaban J connectivity index is 1.99. The van der Waals surface area contributed by atoms with Gasteiger partial charge in [0.05, 0.1) is 0 Å². The number of hydrogen-bond acceptors (Lipinski definition) is 2. The molecule has 70 valence electrons. The second-order valence-electron chi connectivity index (χ2n) is 4.04. The molecule has 0 radical (unpaired) electrons. The summed E-state index contributed by atoms with van der Waals surface area (Å²) in [5.41, 5.74) is 0.0239. The Labute approximate surface area is 79.1 Å².